The van der Waals surface area contributed by atoms with Gasteiger partial charge in [-0.15, -0.1) is 0 Å². The van der Waals surface area contributed by atoms with Crippen molar-refractivity contribution in [3.63, 3.8) is 0 Å². The summed E-state index contributed by atoms with van der Waals surface area (Å²) in [6.45, 7) is 5.41. The van der Waals surface area contributed by atoms with E-state index in [0.717, 1.165) is 5.57 Å². The Morgan fingerprint density at radius 2 is 2.11 bits per heavy atom. The van der Waals surface area contributed by atoms with E-state index < -0.39 is 12.2 Å². The highest BCUT2D eigenvalue weighted by molar-refractivity contribution is 5.38. The number of rotatable bonds is 0. The number of hydrogen-bond acceptors (Lipinski definition) is 2. The van der Waals surface area contributed by atoms with Crippen LogP contribution in [0.5, 0.6) is 0 Å². The molecule has 0 aromatic rings. The Labute approximate surface area is 54.1 Å². The molecule has 0 bridgehead atoms. The summed E-state index contributed by atoms with van der Waals surface area (Å²) in [6.07, 6.45) is 0.0926. The molecule has 50 valence electrons. The largest absolute Gasteiger partial charge is 0.386 e. The first-order valence-electron chi connectivity index (χ1n) is 2.86. The molecule has 0 fully saturated rings. The van der Waals surface area contributed by atoms with E-state index in [1.165, 1.54) is 0 Å². The van der Waals surface area contributed by atoms with Crippen LogP contribution in [0.1, 0.15) is 6.92 Å². The summed E-state index contributed by atoms with van der Waals surface area (Å²) in [5, 5.41) is 18.0. The fourth-order valence-electron chi connectivity index (χ4n) is 0.894. The van der Waals surface area contributed by atoms with Gasteiger partial charge in [0.05, 0.1) is 0 Å². The van der Waals surface area contributed by atoms with Gasteiger partial charge in [-0.1, -0.05) is 6.58 Å². The van der Waals surface area contributed by atoms with Gasteiger partial charge in [-0.3, -0.25) is 0 Å². The Morgan fingerprint density at radius 3 is 2.22 bits per heavy atom. The van der Waals surface area contributed by atoms with Crippen molar-refractivity contribution in [2.24, 2.45) is 0 Å². The summed E-state index contributed by atoms with van der Waals surface area (Å²) >= 11 is 0. The molecular weight excluding hydrogens is 116 g/mol. The van der Waals surface area contributed by atoms with E-state index in [1.54, 1.807) is 6.08 Å². The average Bonchev–Trinajstić information content (AvgIpc) is 1.98. The maximum atomic E-state index is 9.04. The topological polar surface area (TPSA) is 40.5 Å². The van der Waals surface area contributed by atoms with Crippen LogP contribution in [0.2, 0.25) is 0 Å². The molecule has 0 spiro atoms. The van der Waals surface area contributed by atoms with E-state index in [4.69, 9.17) is 10.2 Å². The summed E-state index contributed by atoms with van der Waals surface area (Å²) in [5.41, 5.74) is 1.51. The van der Waals surface area contributed by atoms with E-state index >= 15 is 0 Å². The molecule has 1 aliphatic rings. The van der Waals surface area contributed by atoms with Crippen LogP contribution in [0.3, 0.4) is 0 Å². The third kappa shape index (κ3) is 0.910. The van der Waals surface area contributed by atoms with Crippen LogP contribution in [0.15, 0.2) is 23.8 Å². The van der Waals surface area contributed by atoms with Crippen LogP contribution < -0.4 is 0 Å². The molecule has 1 rings (SSSR count). The zero-order valence-electron chi connectivity index (χ0n) is 5.33. The predicted octanol–water partition coefficient (Wildman–Crippen LogP) is 0.224. The minimum absolute atomic E-state index is 0.627. The van der Waals surface area contributed by atoms with E-state index in [2.05, 4.69) is 6.58 Å². The van der Waals surface area contributed by atoms with Crippen LogP contribution in [0.4, 0.5) is 0 Å². The minimum Gasteiger partial charge on any atom is -0.386 e. The van der Waals surface area contributed by atoms with Crippen LogP contribution in [0.25, 0.3) is 0 Å². The maximum absolute atomic E-state index is 9.04. The van der Waals surface area contributed by atoms with Crippen molar-refractivity contribution >= 4 is 0 Å². The van der Waals surface area contributed by atoms with E-state index in [9.17, 15) is 0 Å². The highest BCUT2D eigenvalue weighted by Crippen LogP contribution is 2.22. The summed E-state index contributed by atoms with van der Waals surface area (Å²) in [4.78, 5) is 0. The van der Waals surface area contributed by atoms with Gasteiger partial charge in [0.1, 0.15) is 12.2 Å². The molecule has 0 aromatic carbocycles. The molecule has 2 N–H and O–H groups in total. The molecule has 2 heteroatoms. The van der Waals surface area contributed by atoms with Gasteiger partial charge < -0.3 is 10.2 Å². The first-order chi connectivity index (χ1) is 4.13. The molecule has 9 heavy (non-hydrogen) atoms. The Hall–Kier alpha value is -0.600. The molecule has 0 amide bonds. The Kier molecular flexibility index (Phi) is 1.43. The molecule has 0 radical (unpaired) electrons. The van der Waals surface area contributed by atoms with Gasteiger partial charge in [-0.25, -0.2) is 0 Å². The highest BCUT2D eigenvalue weighted by Gasteiger charge is 2.24. The van der Waals surface area contributed by atoms with Gasteiger partial charge in [0.15, 0.2) is 0 Å². The minimum atomic E-state index is -0.773. The lowest BCUT2D eigenvalue weighted by molar-refractivity contribution is 0.0828. The van der Waals surface area contributed by atoms with Gasteiger partial charge in [0, 0.05) is 0 Å². The summed E-state index contributed by atoms with van der Waals surface area (Å²) < 4.78 is 0. The first-order valence-corrected chi connectivity index (χ1v) is 2.86. The standard InChI is InChI=1S/C7H10O2/c1-4-3-6(8)7(9)5(4)2/h3,6-9H,2H2,1H3. The van der Waals surface area contributed by atoms with E-state index in [0.29, 0.717) is 5.57 Å². The second kappa shape index (κ2) is 1.97. The van der Waals surface area contributed by atoms with E-state index in [-0.39, 0.29) is 0 Å². The highest BCUT2D eigenvalue weighted by atomic mass is 16.3. The lowest BCUT2D eigenvalue weighted by atomic mass is 10.1. The zero-order chi connectivity index (χ0) is 7.02. The second-order valence-corrected chi connectivity index (χ2v) is 2.31. The molecule has 2 atom stereocenters. The van der Waals surface area contributed by atoms with Crippen molar-refractivity contribution in [2.75, 3.05) is 0 Å². The molecule has 0 saturated carbocycles. The van der Waals surface area contributed by atoms with Crippen molar-refractivity contribution < 1.29 is 10.2 Å². The predicted molar refractivity (Wildman–Crippen MR) is 34.9 cm³/mol. The average molecular weight is 126 g/mol. The Morgan fingerprint density at radius 1 is 1.56 bits per heavy atom. The van der Waals surface area contributed by atoms with E-state index in [1.807, 2.05) is 6.92 Å². The fourth-order valence-corrected chi connectivity index (χ4v) is 0.894. The SMILES string of the molecule is C=C1C(C)=CC(O)C1O. The molecule has 2 nitrogen and oxygen atoms in total. The molecular formula is C7H10O2. The lowest BCUT2D eigenvalue weighted by Crippen LogP contribution is -2.19. The molecule has 0 heterocycles. The van der Waals surface area contributed by atoms with Crippen molar-refractivity contribution in [3.8, 4) is 0 Å². The lowest BCUT2D eigenvalue weighted by Gasteiger charge is -2.06. The maximum Gasteiger partial charge on any atom is 0.108 e. The van der Waals surface area contributed by atoms with Crippen molar-refractivity contribution in [1.82, 2.24) is 0 Å². The second-order valence-electron chi connectivity index (χ2n) is 2.31. The quantitative estimate of drug-likeness (QED) is 0.487. The van der Waals surface area contributed by atoms with Crippen LogP contribution in [-0.2, 0) is 0 Å². The first kappa shape index (κ1) is 6.52. The van der Waals surface area contributed by atoms with Crippen molar-refractivity contribution in [3.05, 3.63) is 23.8 Å². The Balaban J connectivity index is 2.82. The molecule has 0 saturated heterocycles. The molecule has 2 unspecified atom stereocenters. The molecule has 0 aromatic heterocycles. The normalized spacial score (nSPS) is 35.0. The number of hydrogen-bond donors (Lipinski definition) is 2. The summed E-state index contributed by atoms with van der Waals surface area (Å²) in [7, 11) is 0. The third-order valence-corrected chi connectivity index (χ3v) is 1.61. The summed E-state index contributed by atoms with van der Waals surface area (Å²) in [6, 6.07) is 0. The van der Waals surface area contributed by atoms with Crippen molar-refractivity contribution in [1.29, 1.82) is 0 Å². The van der Waals surface area contributed by atoms with Crippen LogP contribution in [-0.4, -0.2) is 22.4 Å². The summed E-state index contributed by atoms with van der Waals surface area (Å²) in [5.74, 6) is 0. The van der Waals surface area contributed by atoms with Gasteiger partial charge >= 0.3 is 0 Å². The number of aliphatic hydroxyl groups excluding tert-OH is 2. The van der Waals surface area contributed by atoms with Gasteiger partial charge in [-0.2, -0.15) is 0 Å². The smallest absolute Gasteiger partial charge is 0.108 e. The molecule has 0 aliphatic heterocycles. The fraction of sp³-hybridized carbons (Fsp3) is 0.429. The Bertz CT molecular complexity index is 170. The third-order valence-electron chi connectivity index (χ3n) is 1.61. The zero-order valence-corrected chi connectivity index (χ0v) is 5.33. The monoisotopic (exact) mass is 126 g/mol. The number of aliphatic hydroxyl groups is 2. The van der Waals surface area contributed by atoms with Crippen LogP contribution in [0, 0.1) is 0 Å². The van der Waals surface area contributed by atoms with Crippen LogP contribution >= 0.6 is 0 Å². The molecule has 1 aliphatic carbocycles. The van der Waals surface area contributed by atoms with Gasteiger partial charge in [0.2, 0.25) is 0 Å². The van der Waals surface area contributed by atoms with Gasteiger partial charge in [0.25, 0.3) is 0 Å². The van der Waals surface area contributed by atoms with Crippen molar-refractivity contribution in [2.45, 2.75) is 19.1 Å². The van der Waals surface area contributed by atoms with Gasteiger partial charge in [-0.05, 0) is 24.1 Å².